The second-order valence-electron chi connectivity index (χ2n) is 4.95. The lowest BCUT2D eigenvalue weighted by Gasteiger charge is -2.30. The summed E-state index contributed by atoms with van der Waals surface area (Å²) in [4.78, 5) is 2.19. The molecule has 2 heterocycles. The van der Waals surface area contributed by atoms with Gasteiger partial charge < -0.3 is 4.90 Å². The van der Waals surface area contributed by atoms with Gasteiger partial charge >= 0.3 is 0 Å². The summed E-state index contributed by atoms with van der Waals surface area (Å²) in [5, 5.41) is 8.02. The van der Waals surface area contributed by atoms with Gasteiger partial charge in [0.25, 0.3) is 0 Å². The van der Waals surface area contributed by atoms with Crippen LogP contribution in [0.1, 0.15) is 26.7 Å². The van der Waals surface area contributed by atoms with Crippen LogP contribution < -0.4 is 9.62 Å². The molecule has 0 bridgehead atoms. The summed E-state index contributed by atoms with van der Waals surface area (Å²) in [5.41, 5.74) is 0. The van der Waals surface area contributed by atoms with Gasteiger partial charge in [-0.15, -0.1) is 10.2 Å². The number of hydrogen-bond acceptors (Lipinski definition) is 5. The number of sulfonamides is 1. The van der Waals surface area contributed by atoms with Crippen LogP contribution in [-0.4, -0.2) is 37.5 Å². The molecule has 1 aliphatic heterocycles. The molecule has 7 heteroatoms. The van der Waals surface area contributed by atoms with Crippen molar-refractivity contribution in [1.82, 2.24) is 10.2 Å². The van der Waals surface area contributed by atoms with Crippen LogP contribution in [0.25, 0.3) is 0 Å². The third kappa shape index (κ3) is 3.79. The Morgan fingerprint density at radius 3 is 2.53 bits per heavy atom. The van der Waals surface area contributed by atoms with E-state index in [9.17, 15) is 8.42 Å². The van der Waals surface area contributed by atoms with Gasteiger partial charge in [-0.25, -0.2) is 8.42 Å². The molecule has 1 saturated heterocycles. The Hall–Kier alpha value is -1.37. The fourth-order valence-corrected chi connectivity index (χ4v) is 2.59. The maximum Gasteiger partial charge on any atom is 0.233 e. The molecule has 0 unspecified atom stereocenters. The summed E-state index contributed by atoms with van der Waals surface area (Å²) in [7, 11) is -3.28. The Morgan fingerprint density at radius 1 is 1.32 bits per heavy atom. The molecule has 6 nitrogen and oxygen atoms in total. The van der Waals surface area contributed by atoms with E-state index in [1.807, 2.05) is 6.07 Å². The third-order valence-electron chi connectivity index (χ3n) is 3.40. The number of aromatic nitrogens is 2. The molecule has 0 atom stereocenters. The SMILES string of the molecule is CCS(=O)(=O)Nc1ccc(N2CCC(C)CC2)nn1. The summed E-state index contributed by atoms with van der Waals surface area (Å²) in [6.07, 6.45) is 2.32. The minimum Gasteiger partial charge on any atom is -0.355 e. The molecule has 0 spiro atoms. The first-order valence-electron chi connectivity index (χ1n) is 6.59. The van der Waals surface area contributed by atoms with Crippen LogP contribution in [0.2, 0.25) is 0 Å². The van der Waals surface area contributed by atoms with Crippen LogP contribution >= 0.6 is 0 Å². The van der Waals surface area contributed by atoms with E-state index in [1.54, 1.807) is 13.0 Å². The van der Waals surface area contributed by atoms with Crippen molar-refractivity contribution in [3.8, 4) is 0 Å². The molecule has 0 aromatic carbocycles. The fraction of sp³-hybridized carbons (Fsp3) is 0.667. The molecule has 0 amide bonds. The van der Waals surface area contributed by atoms with Gasteiger partial charge in [0.1, 0.15) is 0 Å². The molecule has 0 saturated carbocycles. The van der Waals surface area contributed by atoms with Crippen LogP contribution in [0.5, 0.6) is 0 Å². The largest absolute Gasteiger partial charge is 0.355 e. The Labute approximate surface area is 114 Å². The summed E-state index contributed by atoms with van der Waals surface area (Å²) >= 11 is 0. The number of anilines is 2. The van der Waals surface area contributed by atoms with Crippen LogP contribution in [0, 0.1) is 5.92 Å². The normalized spacial score (nSPS) is 17.5. The van der Waals surface area contributed by atoms with E-state index in [0.717, 1.165) is 37.7 Å². The number of hydrogen-bond donors (Lipinski definition) is 1. The first-order valence-corrected chi connectivity index (χ1v) is 8.24. The zero-order chi connectivity index (χ0) is 13.9. The molecule has 106 valence electrons. The first kappa shape index (κ1) is 14.0. The minimum atomic E-state index is -3.28. The van der Waals surface area contributed by atoms with Crippen LogP contribution in [0.3, 0.4) is 0 Å². The molecular weight excluding hydrogens is 264 g/mol. The first-order chi connectivity index (χ1) is 9.00. The van der Waals surface area contributed by atoms with Crippen molar-refractivity contribution in [3.63, 3.8) is 0 Å². The zero-order valence-corrected chi connectivity index (χ0v) is 12.2. The molecule has 1 aliphatic rings. The molecule has 1 fully saturated rings. The number of nitrogens with zero attached hydrogens (tertiary/aromatic N) is 3. The van der Waals surface area contributed by atoms with Crippen molar-refractivity contribution >= 4 is 21.7 Å². The monoisotopic (exact) mass is 284 g/mol. The lowest BCUT2D eigenvalue weighted by atomic mass is 9.99. The van der Waals surface area contributed by atoms with E-state index < -0.39 is 10.0 Å². The van der Waals surface area contributed by atoms with E-state index in [4.69, 9.17) is 0 Å². The van der Waals surface area contributed by atoms with Gasteiger partial charge in [-0.05, 0) is 37.8 Å². The van der Waals surface area contributed by atoms with E-state index in [1.165, 1.54) is 0 Å². The van der Waals surface area contributed by atoms with Crippen molar-refractivity contribution in [2.24, 2.45) is 5.92 Å². The van der Waals surface area contributed by atoms with Crippen molar-refractivity contribution in [3.05, 3.63) is 12.1 Å². The maximum atomic E-state index is 11.4. The predicted octanol–water partition coefficient (Wildman–Crippen LogP) is 1.47. The van der Waals surface area contributed by atoms with Gasteiger partial charge in [0.15, 0.2) is 11.6 Å². The van der Waals surface area contributed by atoms with Crippen molar-refractivity contribution < 1.29 is 8.42 Å². The standard InChI is InChI=1S/C12H20N4O2S/c1-3-19(17,18)15-11-4-5-12(14-13-11)16-8-6-10(2)7-9-16/h4-5,10H,3,6-9H2,1-2H3,(H,13,15). The lowest BCUT2D eigenvalue weighted by molar-refractivity contribution is 0.436. The van der Waals surface area contributed by atoms with Gasteiger partial charge in [0, 0.05) is 13.1 Å². The smallest absolute Gasteiger partial charge is 0.233 e. The van der Waals surface area contributed by atoms with Gasteiger partial charge in [-0.2, -0.15) is 0 Å². The van der Waals surface area contributed by atoms with Gasteiger partial charge in [-0.1, -0.05) is 6.92 Å². The maximum absolute atomic E-state index is 11.4. The minimum absolute atomic E-state index is 0.0282. The highest BCUT2D eigenvalue weighted by molar-refractivity contribution is 7.92. The van der Waals surface area contributed by atoms with Crippen molar-refractivity contribution in [2.45, 2.75) is 26.7 Å². The quantitative estimate of drug-likeness (QED) is 0.906. The predicted molar refractivity (Wildman–Crippen MR) is 75.7 cm³/mol. The van der Waals surface area contributed by atoms with Crippen molar-refractivity contribution in [2.75, 3.05) is 28.5 Å². The molecule has 1 aromatic heterocycles. The third-order valence-corrected chi connectivity index (χ3v) is 4.68. The Bertz CT molecular complexity index is 507. The van der Waals surface area contributed by atoms with Crippen molar-refractivity contribution in [1.29, 1.82) is 0 Å². The summed E-state index contributed by atoms with van der Waals surface area (Å²) in [5.74, 6) is 1.88. The number of rotatable bonds is 4. The highest BCUT2D eigenvalue weighted by atomic mass is 32.2. The van der Waals surface area contributed by atoms with Crippen LogP contribution in [0.15, 0.2) is 12.1 Å². The highest BCUT2D eigenvalue weighted by Gasteiger charge is 2.17. The molecule has 1 N–H and O–H groups in total. The number of nitrogens with one attached hydrogen (secondary N) is 1. The second kappa shape index (κ2) is 5.73. The topological polar surface area (TPSA) is 75.2 Å². The molecule has 0 aliphatic carbocycles. The molecular formula is C12H20N4O2S. The van der Waals surface area contributed by atoms with Gasteiger partial charge in [0.05, 0.1) is 5.75 Å². The molecule has 19 heavy (non-hydrogen) atoms. The number of piperidine rings is 1. The summed E-state index contributed by atoms with van der Waals surface area (Å²) < 4.78 is 25.2. The zero-order valence-electron chi connectivity index (χ0n) is 11.3. The van der Waals surface area contributed by atoms with E-state index in [2.05, 4.69) is 26.7 Å². The van der Waals surface area contributed by atoms with E-state index in [0.29, 0.717) is 0 Å². The van der Waals surface area contributed by atoms with Crippen LogP contribution in [-0.2, 0) is 10.0 Å². The average molecular weight is 284 g/mol. The second-order valence-corrected chi connectivity index (χ2v) is 6.96. The average Bonchev–Trinajstić information content (AvgIpc) is 2.40. The van der Waals surface area contributed by atoms with Gasteiger partial charge in [0.2, 0.25) is 10.0 Å². The Kier molecular flexibility index (Phi) is 4.24. The lowest BCUT2D eigenvalue weighted by Crippen LogP contribution is -2.33. The van der Waals surface area contributed by atoms with E-state index in [-0.39, 0.29) is 11.6 Å². The Morgan fingerprint density at radius 2 is 2.00 bits per heavy atom. The Balaban J connectivity index is 2.02. The van der Waals surface area contributed by atoms with Crippen LogP contribution in [0.4, 0.5) is 11.6 Å². The highest BCUT2D eigenvalue weighted by Crippen LogP contribution is 2.21. The van der Waals surface area contributed by atoms with Gasteiger partial charge in [-0.3, -0.25) is 4.72 Å². The molecule has 1 aromatic rings. The summed E-state index contributed by atoms with van der Waals surface area (Å²) in [6.45, 7) is 5.80. The van der Waals surface area contributed by atoms with E-state index >= 15 is 0 Å². The molecule has 0 radical (unpaired) electrons. The summed E-state index contributed by atoms with van der Waals surface area (Å²) in [6, 6.07) is 3.48. The fourth-order valence-electron chi connectivity index (χ4n) is 2.02. The molecule has 2 rings (SSSR count).